The van der Waals surface area contributed by atoms with Crippen molar-refractivity contribution in [3.05, 3.63) is 93.7 Å². The van der Waals surface area contributed by atoms with E-state index in [1.54, 1.807) is 44.2 Å². The Kier molecular flexibility index (Phi) is 6.40. The lowest BCUT2D eigenvalue weighted by molar-refractivity contribution is 0.0686. The summed E-state index contributed by atoms with van der Waals surface area (Å²) < 4.78 is 34.9. The van der Waals surface area contributed by atoms with Crippen LogP contribution < -0.4 is 10.3 Å². The highest BCUT2D eigenvalue weighted by Crippen LogP contribution is 2.26. The molecule has 4 aromatic rings. The van der Waals surface area contributed by atoms with Gasteiger partial charge in [0.15, 0.2) is 11.6 Å². The first kappa shape index (κ1) is 24.1. The molecule has 0 bridgehead atoms. The van der Waals surface area contributed by atoms with Crippen LogP contribution in [0.3, 0.4) is 0 Å². The second kappa shape index (κ2) is 9.30. The number of hydrogen-bond acceptors (Lipinski definition) is 7. The molecular weight excluding hydrogens is 456 g/mol. The predicted molar refractivity (Wildman–Crippen MR) is 124 cm³/mol. The number of hydrogen-bond donors (Lipinski definition) is 1. The number of benzene rings is 1. The highest BCUT2D eigenvalue weighted by Gasteiger charge is 2.22. The molecule has 0 aliphatic heterocycles. The number of ether oxygens (including phenoxy) is 1. The molecule has 0 aliphatic rings. The maximum Gasteiger partial charge on any atom is 0.264 e. The second-order valence-corrected chi connectivity index (χ2v) is 8.47. The Balaban J connectivity index is 1.71. The summed E-state index contributed by atoms with van der Waals surface area (Å²) in [5.41, 5.74) is -0.288. The van der Waals surface area contributed by atoms with Gasteiger partial charge in [0.25, 0.3) is 5.56 Å². The molecule has 1 N–H and O–H groups in total. The SMILES string of the molecule is Cc1c(OCc2cccc(F)n2)nc(C)n(-c2cccc(-c3nc(C(C)(C)O)ncc3F)c2)c1=O. The third kappa shape index (κ3) is 5.07. The van der Waals surface area contributed by atoms with Crippen LogP contribution in [0.4, 0.5) is 8.78 Å². The number of pyridine rings is 1. The van der Waals surface area contributed by atoms with Gasteiger partial charge in [-0.05, 0) is 52.0 Å². The summed E-state index contributed by atoms with van der Waals surface area (Å²) in [5, 5.41) is 10.2. The Morgan fingerprint density at radius 3 is 2.51 bits per heavy atom. The number of aliphatic hydroxyl groups is 1. The molecule has 0 unspecified atom stereocenters. The summed E-state index contributed by atoms with van der Waals surface area (Å²) in [6, 6.07) is 10.9. The molecule has 0 saturated heterocycles. The van der Waals surface area contributed by atoms with Crippen molar-refractivity contribution in [3.8, 4) is 22.8 Å². The van der Waals surface area contributed by atoms with E-state index in [2.05, 4.69) is 19.9 Å². The normalized spacial score (nSPS) is 11.5. The molecule has 0 aliphatic carbocycles. The van der Waals surface area contributed by atoms with Gasteiger partial charge in [-0.1, -0.05) is 18.2 Å². The van der Waals surface area contributed by atoms with Gasteiger partial charge in [0.2, 0.25) is 11.8 Å². The van der Waals surface area contributed by atoms with E-state index in [1.165, 1.54) is 30.5 Å². The van der Waals surface area contributed by atoms with Crippen molar-refractivity contribution in [3.63, 3.8) is 0 Å². The van der Waals surface area contributed by atoms with Gasteiger partial charge in [0.1, 0.15) is 23.7 Å². The number of halogens is 2. The van der Waals surface area contributed by atoms with Crippen LogP contribution >= 0.6 is 0 Å². The predicted octanol–water partition coefficient (Wildman–Crippen LogP) is 3.79. The average molecular weight is 479 g/mol. The van der Waals surface area contributed by atoms with Crippen LogP contribution in [-0.2, 0) is 12.2 Å². The zero-order valence-electron chi connectivity index (χ0n) is 19.6. The Morgan fingerprint density at radius 2 is 1.80 bits per heavy atom. The van der Waals surface area contributed by atoms with E-state index < -0.39 is 17.4 Å². The van der Waals surface area contributed by atoms with Crippen molar-refractivity contribution >= 4 is 0 Å². The third-order valence-corrected chi connectivity index (χ3v) is 5.23. The van der Waals surface area contributed by atoms with E-state index in [1.807, 2.05) is 0 Å². The minimum absolute atomic E-state index is 0.00287. The number of rotatable bonds is 6. The molecule has 0 saturated carbocycles. The topological polar surface area (TPSA) is 103 Å². The Morgan fingerprint density at radius 1 is 1.06 bits per heavy atom. The highest BCUT2D eigenvalue weighted by atomic mass is 19.1. The Hall–Kier alpha value is -4.05. The summed E-state index contributed by atoms with van der Waals surface area (Å²) in [6.07, 6.45) is 1.00. The molecule has 0 fully saturated rings. The minimum Gasteiger partial charge on any atom is -0.471 e. The summed E-state index contributed by atoms with van der Waals surface area (Å²) in [5.74, 6) is -0.775. The monoisotopic (exact) mass is 479 g/mol. The van der Waals surface area contributed by atoms with Crippen LogP contribution in [0.1, 0.15) is 36.8 Å². The molecule has 8 nitrogen and oxygen atoms in total. The molecule has 4 rings (SSSR count). The van der Waals surface area contributed by atoms with Gasteiger partial charge in [-0.15, -0.1) is 0 Å². The van der Waals surface area contributed by atoms with E-state index in [4.69, 9.17) is 4.74 Å². The second-order valence-electron chi connectivity index (χ2n) is 8.47. The summed E-state index contributed by atoms with van der Waals surface area (Å²) in [7, 11) is 0. The summed E-state index contributed by atoms with van der Waals surface area (Å²) in [6.45, 7) is 6.17. The van der Waals surface area contributed by atoms with Crippen molar-refractivity contribution in [1.82, 2.24) is 24.5 Å². The van der Waals surface area contributed by atoms with Crippen LogP contribution in [-0.4, -0.2) is 29.6 Å². The molecule has 35 heavy (non-hydrogen) atoms. The lowest BCUT2D eigenvalue weighted by Crippen LogP contribution is -2.25. The zero-order valence-corrected chi connectivity index (χ0v) is 19.6. The van der Waals surface area contributed by atoms with Gasteiger partial charge in [0, 0.05) is 5.56 Å². The van der Waals surface area contributed by atoms with Gasteiger partial charge in [0.05, 0.1) is 23.1 Å². The standard InChI is InChI=1S/C25H23F2N5O3/c1-14-22(35-13-17-8-6-10-20(27)30-17)29-15(2)32(23(14)33)18-9-5-7-16(11-18)21-19(26)12-28-24(31-21)25(3,4)34/h5-12,34H,13H2,1-4H3. The van der Waals surface area contributed by atoms with Crippen LogP contribution in [0, 0.1) is 25.6 Å². The largest absolute Gasteiger partial charge is 0.471 e. The number of aryl methyl sites for hydroxylation is 1. The molecule has 10 heteroatoms. The fourth-order valence-electron chi connectivity index (χ4n) is 3.46. The number of aromatic nitrogens is 5. The van der Waals surface area contributed by atoms with E-state index in [0.29, 0.717) is 22.8 Å². The Bertz CT molecular complexity index is 1460. The molecule has 0 spiro atoms. The summed E-state index contributed by atoms with van der Waals surface area (Å²) in [4.78, 5) is 29.4. The number of nitrogens with zero attached hydrogens (tertiary/aromatic N) is 5. The molecule has 0 radical (unpaired) electrons. The van der Waals surface area contributed by atoms with Crippen molar-refractivity contribution in [1.29, 1.82) is 0 Å². The third-order valence-electron chi connectivity index (χ3n) is 5.23. The zero-order chi connectivity index (χ0) is 25.3. The fourth-order valence-corrected chi connectivity index (χ4v) is 3.46. The Labute approximate surface area is 200 Å². The van der Waals surface area contributed by atoms with Crippen molar-refractivity contribution in [2.75, 3.05) is 0 Å². The molecule has 180 valence electrons. The van der Waals surface area contributed by atoms with Gasteiger partial charge in [-0.3, -0.25) is 9.36 Å². The van der Waals surface area contributed by atoms with Gasteiger partial charge in [-0.25, -0.2) is 19.3 Å². The maximum atomic E-state index is 14.6. The van der Waals surface area contributed by atoms with Gasteiger partial charge in [-0.2, -0.15) is 9.37 Å². The molecule has 0 atom stereocenters. The molecule has 0 amide bonds. The van der Waals surface area contributed by atoms with Crippen molar-refractivity contribution < 1.29 is 18.6 Å². The average Bonchev–Trinajstić information content (AvgIpc) is 2.80. The molecule has 3 aromatic heterocycles. The first-order valence-electron chi connectivity index (χ1n) is 10.8. The first-order valence-corrected chi connectivity index (χ1v) is 10.8. The van der Waals surface area contributed by atoms with Gasteiger partial charge < -0.3 is 9.84 Å². The fraction of sp³-hybridized carbons (Fsp3) is 0.240. The molecule has 1 aromatic carbocycles. The van der Waals surface area contributed by atoms with E-state index >= 15 is 0 Å². The quantitative estimate of drug-likeness (QED) is 0.420. The van der Waals surface area contributed by atoms with Crippen LogP contribution in [0.5, 0.6) is 5.88 Å². The highest BCUT2D eigenvalue weighted by molar-refractivity contribution is 5.63. The van der Waals surface area contributed by atoms with Crippen molar-refractivity contribution in [2.45, 2.75) is 39.9 Å². The van der Waals surface area contributed by atoms with Crippen LogP contribution in [0.15, 0.2) is 53.5 Å². The van der Waals surface area contributed by atoms with Crippen molar-refractivity contribution in [2.24, 2.45) is 0 Å². The minimum atomic E-state index is -1.36. The smallest absolute Gasteiger partial charge is 0.264 e. The van der Waals surface area contributed by atoms with Gasteiger partial charge >= 0.3 is 0 Å². The molecular formula is C25H23F2N5O3. The van der Waals surface area contributed by atoms with Crippen LogP contribution in [0.2, 0.25) is 0 Å². The van der Waals surface area contributed by atoms with E-state index in [0.717, 1.165) is 6.20 Å². The van der Waals surface area contributed by atoms with Crippen LogP contribution in [0.25, 0.3) is 16.9 Å². The lowest BCUT2D eigenvalue weighted by Gasteiger charge is -2.17. The molecule has 3 heterocycles. The maximum absolute atomic E-state index is 14.6. The first-order chi connectivity index (χ1) is 16.5. The van der Waals surface area contributed by atoms with E-state index in [-0.39, 0.29) is 35.1 Å². The van der Waals surface area contributed by atoms with E-state index in [9.17, 15) is 18.7 Å². The summed E-state index contributed by atoms with van der Waals surface area (Å²) >= 11 is 0. The lowest BCUT2D eigenvalue weighted by atomic mass is 10.1.